The maximum Gasteiger partial charge on any atom is 0.317 e. The number of nitrogens with one attached hydrogen (secondary N) is 1. The number of benzene rings is 1. The van der Waals surface area contributed by atoms with Gasteiger partial charge < -0.3 is 15.3 Å². The van der Waals surface area contributed by atoms with Crippen molar-refractivity contribution in [2.45, 2.75) is 44.1 Å². The number of piperidine rings is 1. The fourth-order valence-corrected chi connectivity index (χ4v) is 4.19. The predicted octanol–water partition coefficient (Wildman–Crippen LogP) is 2.95. The first-order valence-corrected chi connectivity index (χ1v) is 10.1. The Morgan fingerprint density at radius 1 is 1.33 bits per heavy atom. The maximum absolute atomic E-state index is 12.6. The lowest BCUT2D eigenvalue weighted by Gasteiger charge is -2.37. The average Bonchev–Trinajstić information content (AvgIpc) is 3.45. The minimum atomic E-state index is -0.798. The van der Waals surface area contributed by atoms with E-state index in [0.717, 1.165) is 30.7 Å². The van der Waals surface area contributed by atoms with Gasteiger partial charge in [0.1, 0.15) is 0 Å². The van der Waals surface area contributed by atoms with Crippen molar-refractivity contribution in [3.8, 4) is 0 Å². The van der Waals surface area contributed by atoms with Crippen molar-refractivity contribution in [3.05, 3.63) is 34.9 Å². The second-order valence-electron chi connectivity index (χ2n) is 7.62. The summed E-state index contributed by atoms with van der Waals surface area (Å²) in [4.78, 5) is 27.4. The summed E-state index contributed by atoms with van der Waals surface area (Å²) in [6.07, 6.45) is 3.76. The van der Waals surface area contributed by atoms with E-state index in [2.05, 4.69) is 11.4 Å². The zero-order valence-corrected chi connectivity index (χ0v) is 16.5. The molecule has 1 aliphatic heterocycles. The molecular formula is C20H28ClN3O3. The first kappa shape index (κ1) is 20.0. The van der Waals surface area contributed by atoms with E-state index in [-0.39, 0.29) is 24.0 Å². The van der Waals surface area contributed by atoms with E-state index in [0.29, 0.717) is 26.2 Å². The van der Waals surface area contributed by atoms with Crippen molar-refractivity contribution in [1.29, 1.82) is 0 Å². The van der Waals surface area contributed by atoms with Gasteiger partial charge in [-0.25, -0.2) is 4.79 Å². The molecule has 0 atom stereocenters. The molecule has 27 heavy (non-hydrogen) atoms. The van der Waals surface area contributed by atoms with Crippen LogP contribution in [0.15, 0.2) is 24.3 Å². The van der Waals surface area contributed by atoms with Crippen LogP contribution < -0.4 is 5.32 Å². The Morgan fingerprint density at radius 3 is 2.59 bits per heavy atom. The summed E-state index contributed by atoms with van der Waals surface area (Å²) in [5.74, 6) is -0.798. The molecule has 1 saturated carbocycles. The van der Waals surface area contributed by atoms with Crippen molar-refractivity contribution in [1.82, 2.24) is 15.1 Å². The standard InChI is InChI=1S/C20H28ClN3O3/c1-2-23(13-18(25)26)17-6-10-24(11-7-17)19(27)22-14-20(8-9-20)15-4-3-5-16(21)12-15/h3-5,12,17H,2,6-11,13-14H2,1H3,(H,22,27)(H,25,26). The zero-order chi connectivity index (χ0) is 19.4. The molecule has 0 spiro atoms. The van der Waals surface area contributed by atoms with E-state index >= 15 is 0 Å². The van der Waals surface area contributed by atoms with E-state index in [1.807, 2.05) is 34.9 Å². The highest BCUT2D eigenvalue weighted by atomic mass is 35.5. The van der Waals surface area contributed by atoms with Crippen LogP contribution in [0.1, 0.15) is 38.2 Å². The Morgan fingerprint density at radius 2 is 2.04 bits per heavy atom. The van der Waals surface area contributed by atoms with Gasteiger partial charge in [0, 0.05) is 36.1 Å². The Kier molecular flexibility index (Phi) is 6.27. The maximum atomic E-state index is 12.6. The fourth-order valence-electron chi connectivity index (χ4n) is 4.00. The van der Waals surface area contributed by atoms with Crippen molar-refractivity contribution in [3.63, 3.8) is 0 Å². The molecule has 2 fully saturated rings. The predicted molar refractivity (Wildman–Crippen MR) is 105 cm³/mol. The third-order valence-corrected chi connectivity index (χ3v) is 6.12. The summed E-state index contributed by atoms with van der Waals surface area (Å²) >= 11 is 6.11. The Balaban J connectivity index is 1.48. The molecule has 1 aromatic rings. The molecule has 1 heterocycles. The molecular weight excluding hydrogens is 366 g/mol. The largest absolute Gasteiger partial charge is 0.480 e. The van der Waals surface area contributed by atoms with Gasteiger partial charge in [0.25, 0.3) is 0 Å². The Labute approximate surface area is 165 Å². The van der Waals surface area contributed by atoms with E-state index in [9.17, 15) is 9.59 Å². The fraction of sp³-hybridized carbons (Fsp3) is 0.600. The SMILES string of the molecule is CCN(CC(=O)O)C1CCN(C(=O)NCC2(c3cccc(Cl)c3)CC2)CC1. The topological polar surface area (TPSA) is 72.9 Å². The number of amides is 2. The molecule has 1 saturated heterocycles. The average molecular weight is 394 g/mol. The summed E-state index contributed by atoms with van der Waals surface area (Å²) in [5, 5.41) is 12.9. The molecule has 2 N–H and O–H groups in total. The van der Waals surface area contributed by atoms with E-state index in [4.69, 9.17) is 16.7 Å². The number of urea groups is 1. The number of carbonyl (C=O) groups excluding carboxylic acids is 1. The molecule has 6 nitrogen and oxygen atoms in total. The van der Waals surface area contributed by atoms with Crippen LogP contribution in [0.25, 0.3) is 0 Å². The number of halogens is 1. The summed E-state index contributed by atoms with van der Waals surface area (Å²) in [6, 6.07) is 8.11. The molecule has 0 bridgehead atoms. The lowest BCUT2D eigenvalue weighted by molar-refractivity contribution is -0.139. The van der Waals surface area contributed by atoms with Crippen molar-refractivity contribution in [2.75, 3.05) is 32.7 Å². The molecule has 0 radical (unpaired) electrons. The van der Waals surface area contributed by atoms with Crippen LogP contribution in [0.5, 0.6) is 0 Å². The molecule has 0 aromatic heterocycles. The van der Waals surface area contributed by atoms with Gasteiger partial charge in [0.15, 0.2) is 0 Å². The molecule has 148 valence electrons. The highest BCUT2D eigenvalue weighted by molar-refractivity contribution is 6.30. The molecule has 2 aliphatic rings. The number of carbonyl (C=O) groups is 2. The lowest BCUT2D eigenvalue weighted by atomic mass is 9.96. The lowest BCUT2D eigenvalue weighted by Crippen LogP contribution is -2.51. The third kappa shape index (κ3) is 4.93. The van der Waals surface area contributed by atoms with Gasteiger partial charge in [-0.1, -0.05) is 30.7 Å². The quantitative estimate of drug-likeness (QED) is 0.747. The monoisotopic (exact) mass is 393 g/mol. The van der Waals surface area contributed by atoms with E-state index in [1.165, 1.54) is 5.56 Å². The van der Waals surface area contributed by atoms with Crippen molar-refractivity contribution in [2.24, 2.45) is 0 Å². The molecule has 1 aliphatic carbocycles. The van der Waals surface area contributed by atoms with Crippen molar-refractivity contribution >= 4 is 23.6 Å². The van der Waals surface area contributed by atoms with E-state index in [1.54, 1.807) is 0 Å². The number of rotatable bonds is 7. The Hall–Kier alpha value is -1.79. The smallest absolute Gasteiger partial charge is 0.317 e. The van der Waals surface area contributed by atoms with Gasteiger partial charge in [-0.15, -0.1) is 0 Å². The first-order valence-electron chi connectivity index (χ1n) is 9.68. The number of nitrogens with zero attached hydrogens (tertiary/aromatic N) is 2. The number of likely N-dealkylation sites (N-methyl/N-ethyl adjacent to an activating group) is 1. The van der Waals surface area contributed by atoms with Crippen LogP contribution in [0.2, 0.25) is 5.02 Å². The van der Waals surface area contributed by atoms with Gasteiger partial charge in [0.2, 0.25) is 0 Å². The minimum absolute atomic E-state index is 0.0250. The van der Waals surface area contributed by atoms with Crippen LogP contribution in [-0.4, -0.2) is 65.7 Å². The zero-order valence-electron chi connectivity index (χ0n) is 15.8. The second kappa shape index (κ2) is 8.48. The van der Waals surface area contributed by atoms with Crippen molar-refractivity contribution < 1.29 is 14.7 Å². The molecule has 1 aromatic carbocycles. The van der Waals surface area contributed by atoms with Gasteiger partial charge in [-0.2, -0.15) is 0 Å². The number of hydrogen-bond acceptors (Lipinski definition) is 3. The van der Waals surface area contributed by atoms with Gasteiger partial charge in [-0.3, -0.25) is 9.69 Å². The first-order chi connectivity index (χ1) is 12.9. The molecule has 7 heteroatoms. The van der Waals surface area contributed by atoms with Gasteiger partial charge in [-0.05, 0) is 49.9 Å². The van der Waals surface area contributed by atoms with Gasteiger partial charge in [0.05, 0.1) is 6.54 Å². The van der Waals surface area contributed by atoms with Crippen LogP contribution in [0, 0.1) is 0 Å². The number of carboxylic acid groups (broad SMARTS) is 1. The number of carboxylic acids is 1. The highest BCUT2D eigenvalue weighted by Crippen LogP contribution is 2.48. The molecule has 0 unspecified atom stereocenters. The number of likely N-dealkylation sites (tertiary alicyclic amines) is 1. The van der Waals surface area contributed by atoms with Crippen LogP contribution in [-0.2, 0) is 10.2 Å². The molecule has 3 rings (SSSR count). The summed E-state index contributed by atoms with van der Waals surface area (Å²) in [5.41, 5.74) is 1.22. The highest BCUT2D eigenvalue weighted by Gasteiger charge is 2.44. The van der Waals surface area contributed by atoms with Gasteiger partial charge >= 0.3 is 12.0 Å². The molecule has 2 amide bonds. The summed E-state index contributed by atoms with van der Waals surface area (Å²) < 4.78 is 0. The van der Waals surface area contributed by atoms with E-state index < -0.39 is 5.97 Å². The van der Waals surface area contributed by atoms with Crippen LogP contribution in [0.4, 0.5) is 4.79 Å². The Bertz CT molecular complexity index is 685. The summed E-state index contributed by atoms with van der Waals surface area (Å²) in [7, 11) is 0. The third-order valence-electron chi connectivity index (χ3n) is 5.88. The normalized spacial score (nSPS) is 19.1. The van der Waals surface area contributed by atoms with Crippen LogP contribution in [0.3, 0.4) is 0 Å². The van der Waals surface area contributed by atoms with Crippen LogP contribution >= 0.6 is 11.6 Å². The minimum Gasteiger partial charge on any atom is -0.480 e. The summed E-state index contributed by atoms with van der Waals surface area (Å²) in [6.45, 7) is 4.72. The second-order valence-corrected chi connectivity index (χ2v) is 8.06. The number of hydrogen-bond donors (Lipinski definition) is 2. The number of aliphatic carboxylic acids is 1.